The Balaban J connectivity index is 1.34. The first-order chi connectivity index (χ1) is 19.8. The van der Waals surface area contributed by atoms with E-state index in [-0.39, 0.29) is 10.8 Å². The molecule has 0 spiro atoms. The van der Waals surface area contributed by atoms with Crippen molar-refractivity contribution in [1.29, 1.82) is 0 Å². The van der Waals surface area contributed by atoms with Crippen LogP contribution in [0.25, 0.3) is 21.5 Å². The third-order valence-corrected chi connectivity index (χ3v) is 9.55. The maximum Gasteiger partial charge on any atom is 0.210 e. The zero-order valence-electron chi connectivity index (χ0n) is 24.6. The lowest BCUT2D eigenvalue weighted by Crippen LogP contribution is -2.29. The summed E-state index contributed by atoms with van der Waals surface area (Å²) < 4.78 is 2.38. The van der Waals surface area contributed by atoms with Gasteiger partial charge in [-0.05, 0) is 78.1 Å². The number of fused-ring (bicyclic) bond motifs is 6. The fourth-order valence-electron chi connectivity index (χ4n) is 7.65. The third-order valence-electron chi connectivity index (χ3n) is 9.55. The molecule has 5 aromatic rings. The molecule has 0 radical (unpaired) electrons. The standard InChI is InChI=1S/C39H37N2/c1-38(2)34(40(4)32-24-22-28-16-9-11-18-30(28)36(32)38)20-13-21-35-39(3,26-27-14-7-6-8-15-27)37-31-19-12-10-17-29(31)23-25-33(37)41(35)5/h6-25H,26H2,1-5H3/q+1. The van der Waals surface area contributed by atoms with E-state index in [9.17, 15) is 0 Å². The molecule has 1 atom stereocenters. The van der Waals surface area contributed by atoms with Crippen LogP contribution in [0.2, 0.25) is 0 Å². The second-order valence-corrected chi connectivity index (χ2v) is 12.4. The van der Waals surface area contributed by atoms with E-state index in [0.29, 0.717) is 0 Å². The van der Waals surface area contributed by atoms with E-state index in [1.54, 1.807) is 0 Å². The van der Waals surface area contributed by atoms with Crippen molar-refractivity contribution in [3.63, 3.8) is 0 Å². The van der Waals surface area contributed by atoms with Crippen molar-refractivity contribution in [3.05, 3.63) is 144 Å². The van der Waals surface area contributed by atoms with Crippen LogP contribution in [0.15, 0.2) is 127 Å². The summed E-state index contributed by atoms with van der Waals surface area (Å²) in [7, 11) is 4.43. The summed E-state index contributed by atoms with van der Waals surface area (Å²) in [4.78, 5) is 2.41. The Morgan fingerprint density at radius 3 is 2.02 bits per heavy atom. The molecule has 2 aliphatic heterocycles. The maximum absolute atomic E-state index is 2.43. The number of likely N-dealkylation sites (N-methyl/N-ethyl adjacent to an activating group) is 1. The van der Waals surface area contributed by atoms with Crippen molar-refractivity contribution in [2.75, 3.05) is 19.0 Å². The van der Waals surface area contributed by atoms with Crippen molar-refractivity contribution in [2.45, 2.75) is 38.0 Å². The van der Waals surface area contributed by atoms with E-state index in [1.165, 1.54) is 61.0 Å². The quantitative estimate of drug-likeness (QED) is 0.209. The third kappa shape index (κ3) is 3.81. The minimum absolute atomic E-state index is 0.103. The van der Waals surface area contributed by atoms with Gasteiger partial charge in [0.05, 0.1) is 5.41 Å². The Hall–Kier alpha value is -4.43. The summed E-state index contributed by atoms with van der Waals surface area (Å²) in [6.45, 7) is 7.14. The average Bonchev–Trinajstić information content (AvgIpc) is 3.32. The van der Waals surface area contributed by atoms with E-state index in [4.69, 9.17) is 0 Å². The molecule has 5 aromatic carbocycles. The Labute approximate surface area is 243 Å². The number of benzene rings is 5. The van der Waals surface area contributed by atoms with Gasteiger partial charge in [0, 0.05) is 41.6 Å². The summed E-state index contributed by atoms with van der Waals surface area (Å²) in [6.07, 6.45) is 7.92. The van der Waals surface area contributed by atoms with Crippen molar-refractivity contribution >= 4 is 38.6 Å². The highest BCUT2D eigenvalue weighted by Gasteiger charge is 2.45. The molecule has 0 fully saturated rings. The zero-order chi connectivity index (χ0) is 28.4. The fraction of sp³-hybridized carbons (Fsp3) is 0.205. The van der Waals surface area contributed by atoms with Gasteiger partial charge < -0.3 is 4.90 Å². The molecule has 0 amide bonds. The van der Waals surface area contributed by atoms with Gasteiger partial charge in [-0.3, -0.25) is 0 Å². The van der Waals surface area contributed by atoms with Gasteiger partial charge in [0.25, 0.3) is 0 Å². The Morgan fingerprint density at radius 1 is 0.707 bits per heavy atom. The van der Waals surface area contributed by atoms with Crippen LogP contribution in [0.4, 0.5) is 11.4 Å². The SMILES string of the molecule is CN1/C(=C/C=C/C2=[N+](C)c3ccc4ccccc4c3C2(C)C)C(C)(Cc2ccccc2)c2c1ccc1ccccc21. The minimum atomic E-state index is -0.169. The lowest BCUT2D eigenvalue weighted by atomic mass is 9.74. The summed E-state index contributed by atoms with van der Waals surface area (Å²) in [5.41, 5.74) is 9.15. The van der Waals surface area contributed by atoms with E-state index >= 15 is 0 Å². The summed E-state index contributed by atoms with van der Waals surface area (Å²) in [5, 5.41) is 5.29. The van der Waals surface area contributed by atoms with E-state index in [1.807, 2.05) is 0 Å². The number of hydrogen-bond donors (Lipinski definition) is 0. The fourth-order valence-corrected chi connectivity index (χ4v) is 7.65. The molecule has 2 aliphatic rings. The molecular formula is C39H37N2+. The Kier molecular flexibility index (Phi) is 5.80. The predicted molar refractivity (Wildman–Crippen MR) is 175 cm³/mol. The van der Waals surface area contributed by atoms with Gasteiger partial charge >= 0.3 is 0 Å². The Morgan fingerprint density at radius 2 is 1.32 bits per heavy atom. The van der Waals surface area contributed by atoms with Crippen LogP contribution >= 0.6 is 0 Å². The first-order valence-corrected chi connectivity index (χ1v) is 14.6. The first kappa shape index (κ1) is 25.5. The normalized spacial score (nSPS) is 20.5. The lowest BCUT2D eigenvalue weighted by molar-refractivity contribution is -0.401. The number of rotatable bonds is 4. The highest BCUT2D eigenvalue weighted by molar-refractivity contribution is 6.07. The van der Waals surface area contributed by atoms with Gasteiger partial charge in [-0.2, -0.15) is 4.58 Å². The van der Waals surface area contributed by atoms with Crippen LogP contribution in [0.1, 0.15) is 37.5 Å². The molecule has 1 unspecified atom stereocenters. The lowest BCUT2D eigenvalue weighted by Gasteiger charge is -2.29. The molecule has 41 heavy (non-hydrogen) atoms. The molecule has 0 aromatic heterocycles. The van der Waals surface area contributed by atoms with E-state index in [0.717, 1.165) is 6.42 Å². The highest BCUT2D eigenvalue weighted by Crippen LogP contribution is 2.52. The van der Waals surface area contributed by atoms with E-state index in [2.05, 4.69) is 166 Å². The molecule has 7 rings (SSSR count). The molecule has 2 heteroatoms. The second kappa shape index (κ2) is 9.31. The predicted octanol–water partition coefficient (Wildman–Crippen LogP) is 9.09. The number of hydrogen-bond acceptors (Lipinski definition) is 1. The molecule has 0 N–H and O–H groups in total. The maximum atomic E-state index is 2.43. The topological polar surface area (TPSA) is 6.25 Å². The molecule has 0 saturated carbocycles. The zero-order valence-corrected chi connectivity index (χ0v) is 24.6. The van der Waals surface area contributed by atoms with E-state index < -0.39 is 0 Å². The minimum Gasteiger partial charge on any atom is -0.347 e. The van der Waals surface area contributed by atoms with Gasteiger partial charge in [-0.1, -0.05) is 91.0 Å². The van der Waals surface area contributed by atoms with Gasteiger partial charge in [0.1, 0.15) is 7.05 Å². The molecular weight excluding hydrogens is 496 g/mol. The van der Waals surface area contributed by atoms with Crippen LogP contribution in [-0.4, -0.2) is 24.4 Å². The number of nitrogens with zero attached hydrogens (tertiary/aromatic N) is 2. The van der Waals surface area contributed by atoms with Crippen molar-refractivity contribution in [1.82, 2.24) is 0 Å². The summed E-state index contributed by atoms with van der Waals surface area (Å²) in [6, 6.07) is 37.6. The van der Waals surface area contributed by atoms with Crippen LogP contribution in [0, 0.1) is 0 Å². The van der Waals surface area contributed by atoms with Crippen LogP contribution < -0.4 is 4.90 Å². The van der Waals surface area contributed by atoms with Gasteiger partial charge in [0.15, 0.2) is 5.71 Å². The largest absolute Gasteiger partial charge is 0.347 e. The van der Waals surface area contributed by atoms with Crippen molar-refractivity contribution in [3.8, 4) is 0 Å². The van der Waals surface area contributed by atoms with Crippen LogP contribution in [0.5, 0.6) is 0 Å². The second-order valence-electron chi connectivity index (χ2n) is 12.4. The van der Waals surface area contributed by atoms with Crippen LogP contribution in [-0.2, 0) is 17.3 Å². The van der Waals surface area contributed by atoms with Crippen LogP contribution in [0.3, 0.4) is 0 Å². The molecule has 0 bridgehead atoms. The Bertz CT molecular complexity index is 1920. The number of anilines is 1. The van der Waals surface area contributed by atoms with Gasteiger partial charge in [-0.25, -0.2) is 0 Å². The average molecular weight is 534 g/mol. The van der Waals surface area contributed by atoms with Gasteiger partial charge in [-0.15, -0.1) is 0 Å². The number of allylic oxidation sites excluding steroid dienone is 4. The highest BCUT2D eigenvalue weighted by atomic mass is 15.2. The van der Waals surface area contributed by atoms with Gasteiger partial charge in [0.2, 0.25) is 5.69 Å². The smallest absolute Gasteiger partial charge is 0.210 e. The summed E-state index contributed by atoms with van der Waals surface area (Å²) >= 11 is 0. The molecule has 0 aliphatic carbocycles. The molecule has 2 heterocycles. The molecule has 0 saturated heterocycles. The first-order valence-electron chi connectivity index (χ1n) is 14.6. The summed E-state index contributed by atoms with van der Waals surface area (Å²) in [5.74, 6) is 0. The monoisotopic (exact) mass is 533 g/mol. The molecule has 2 nitrogen and oxygen atoms in total. The van der Waals surface area contributed by atoms with Crippen molar-refractivity contribution in [2.24, 2.45) is 0 Å². The van der Waals surface area contributed by atoms with Crippen molar-refractivity contribution < 1.29 is 4.58 Å². The molecule has 202 valence electrons.